The molecule has 2 atom stereocenters. The van der Waals surface area contributed by atoms with Gasteiger partial charge in [0.15, 0.2) is 5.76 Å². The molecular formula is C20H22ClN3O4. The van der Waals surface area contributed by atoms with Gasteiger partial charge in [0.25, 0.3) is 0 Å². The molecule has 0 N–H and O–H groups in total. The molecule has 2 aromatic rings. The predicted octanol–water partition coefficient (Wildman–Crippen LogP) is 3.73. The average Bonchev–Trinajstić information content (AvgIpc) is 3.23. The molecular weight excluding hydrogens is 382 g/mol. The Morgan fingerprint density at radius 3 is 2.82 bits per heavy atom. The smallest absolute Gasteiger partial charge is 0.344 e. The lowest BCUT2D eigenvalue weighted by molar-refractivity contribution is -0.103. The van der Waals surface area contributed by atoms with Crippen LogP contribution in [0.15, 0.2) is 33.9 Å². The maximum absolute atomic E-state index is 13.0. The standard InChI is InChI=1S/C20H22ClN3O4/c1-3-8-24-12(2)15(9-22-24)19-17(20(25)27-13-10-26-11-13)18(23-28-19)14-6-4-5-7-16(14)21/h4-7,9,12-13,15H,3,8,10-11H2,1-2H3. The van der Waals surface area contributed by atoms with E-state index in [2.05, 4.69) is 24.1 Å². The Morgan fingerprint density at radius 1 is 1.36 bits per heavy atom. The highest BCUT2D eigenvalue weighted by Gasteiger charge is 2.38. The summed E-state index contributed by atoms with van der Waals surface area (Å²) in [7, 11) is 0. The van der Waals surface area contributed by atoms with Gasteiger partial charge in [-0.1, -0.05) is 41.9 Å². The van der Waals surface area contributed by atoms with Crippen molar-refractivity contribution >= 4 is 23.8 Å². The van der Waals surface area contributed by atoms with Gasteiger partial charge >= 0.3 is 5.97 Å². The largest absolute Gasteiger partial charge is 0.454 e. The van der Waals surface area contributed by atoms with Crippen LogP contribution >= 0.6 is 11.6 Å². The Balaban J connectivity index is 1.73. The van der Waals surface area contributed by atoms with Crippen LogP contribution in [0.3, 0.4) is 0 Å². The Hall–Kier alpha value is -2.38. The van der Waals surface area contributed by atoms with Gasteiger partial charge in [0.05, 0.1) is 30.2 Å². The minimum atomic E-state index is -0.478. The van der Waals surface area contributed by atoms with Crippen molar-refractivity contribution in [3.63, 3.8) is 0 Å². The summed E-state index contributed by atoms with van der Waals surface area (Å²) in [6.07, 6.45) is 2.53. The highest BCUT2D eigenvalue weighted by atomic mass is 35.5. The van der Waals surface area contributed by atoms with Crippen LogP contribution in [0.1, 0.15) is 42.3 Å². The molecule has 1 aromatic heterocycles. The molecule has 1 fully saturated rings. The highest BCUT2D eigenvalue weighted by Crippen LogP contribution is 2.37. The monoisotopic (exact) mass is 403 g/mol. The number of hydrogen-bond acceptors (Lipinski definition) is 7. The lowest BCUT2D eigenvalue weighted by Crippen LogP contribution is -2.38. The predicted molar refractivity (Wildman–Crippen MR) is 105 cm³/mol. The summed E-state index contributed by atoms with van der Waals surface area (Å²) in [5.41, 5.74) is 1.33. The summed E-state index contributed by atoms with van der Waals surface area (Å²) in [5, 5.41) is 11.2. The van der Waals surface area contributed by atoms with E-state index < -0.39 is 5.97 Å². The first kappa shape index (κ1) is 19.0. The minimum Gasteiger partial charge on any atom is -0.454 e. The number of aromatic nitrogens is 1. The third-order valence-corrected chi connectivity index (χ3v) is 5.38. The van der Waals surface area contributed by atoms with Crippen molar-refractivity contribution in [3.05, 3.63) is 40.6 Å². The summed E-state index contributed by atoms with van der Waals surface area (Å²) in [5.74, 6) is -0.223. The van der Waals surface area contributed by atoms with Gasteiger partial charge in [0, 0.05) is 18.3 Å². The summed E-state index contributed by atoms with van der Waals surface area (Å²) in [6.45, 7) is 5.79. The van der Waals surface area contributed by atoms with Crippen LogP contribution in [0.25, 0.3) is 11.3 Å². The number of carbonyl (C=O) groups is 1. The number of benzene rings is 1. The number of nitrogens with zero attached hydrogens (tertiary/aromatic N) is 3. The van der Waals surface area contributed by atoms with Gasteiger partial charge in [-0.3, -0.25) is 5.01 Å². The molecule has 1 aromatic carbocycles. The van der Waals surface area contributed by atoms with Crippen molar-refractivity contribution in [2.24, 2.45) is 5.10 Å². The zero-order valence-corrected chi connectivity index (χ0v) is 16.6. The van der Waals surface area contributed by atoms with Gasteiger partial charge in [-0.2, -0.15) is 5.10 Å². The SMILES string of the molecule is CCCN1N=CC(c2onc(-c3ccccc3Cl)c2C(=O)OC2COC2)C1C. The molecule has 0 radical (unpaired) electrons. The van der Waals surface area contributed by atoms with Crippen molar-refractivity contribution in [1.29, 1.82) is 0 Å². The second-order valence-corrected chi connectivity index (χ2v) is 7.42. The van der Waals surface area contributed by atoms with Crippen LogP contribution in [0.2, 0.25) is 5.02 Å². The lowest BCUT2D eigenvalue weighted by Gasteiger charge is -2.26. The Bertz CT molecular complexity index is 893. The van der Waals surface area contributed by atoms with Crippen LogP contribution in [0, 0.1) is 0 Å². The zero-order chi connectivity index (χ0) is 19.7. The average molecular weight is 404 g/mol. The third kappa shape index (κ3) is 3.40. The van der Waals surface area contributed by atoms with E-state index in [4.69, 9.17) is 25.6 Å². The van der Waals surface area contributed by atoms with Gasteiger partial charge in [0.1, 0.15) is 17.4 Å². The quantitative estimate of drug-likeness (QED) is 0.684. The molecule has 4 rings (SSSR count). The van der Waals surface area contributed by atoms with Crippen LogP contribution in [-0.2, 0) is 9.47 Å². The number of hydrazone groups is 1. The van der Waals surface area contributed by atoms with Gasteiger partial charge in [0.2, 0.25) is 0 Å². The fourth-order valence-electron chi connectivity index (χ4n) is 3.41. The van der Waals surface area contributed by atoms with E-state index in [0.717, 1.165) is 13.0 Å². The molecule has 0 spiro atoms. The van der Waals surface area contributed by atoms with E-state index in [1.807, 2.05) is 23.2 Å². The molecule has 2 aliphatic rings. The fraction of sp³-hybridized carbons (Fsp3) is 0.450. The van der Waals surface area contributed by atoms with Crippen LogP contribution in [0.4, 0.5) is 0 Å². The van der Waals surface area contributed by atoms with E-state index in [0.29, 0.717) is 40.8 Å². The van der Waals surface area contributed by atoms with Crippen molar-refractivity contribution in [2.75, 3.05) is 19.8 Å². The summed E-state index contributed by atoms with van der Waals surface area (Å²) < 4.78 is 16.4. The maximum atomic E-state index is 13.0. The zero-order valence-electron chi connectivity index (χ0n) is 15.8. The molecule has 2 aliphatic heterocycles. The second-order valence-electron chi connectivity index (χ2n) is 7.01. The van der Waals surface area contributed by atoms with E-state index in [1.54, 1.807) is 12.3 Å². The van der Waals surface area contributed by atoms with Gasteiger partial charge in [-0.25, -0.2) is 4.79 Å². The maximum Gasteiger partial charge on any atom is 0.344 e. The molecule has 3 heterocycles. The van der Waals surface area contributed by atoms with Gasteiger partial charge in [-0.05, 0) is 19.4 Å². The van der Waals surface area contributed by atoms with E-state index >= 15 is 0 Å². The topological polar surface area (TPSA) is 77.2 Å². The van der Waals surface area contributed by atoms with E-state index in [-0.39, 0.29) is 18.1 Å². The minimum absolute atomic E-state index is 0.0468. The normalized spacial score (nSPS) is 21.8. The number of rotatable bonds is 6. The van der Waals surface area contributed by atoms with Crippen LogP contribution < -0.4 is 0 Å². The number of ether oxygens (including phenoxy) is 2. The number of hydrogen-bond donors (Lipinski definition) is 0. The van der Waals surface area contributed by atoms with Crippen LogP contribution in [-0.4, -0.2) is 54.3 Å². The molecule has 0 amide bonds. The molecule has 7 nitrogen and oxygen atoms in total. The first-order valence-corrected chi connectivity index (χ1v) is 9.81. The molecule has 1 saturated heterocycles. The molecule has 0 saturated carbocycles. The van der Waals surface area contributed by atoms with Crippen molar-refractivity contribution in [2.45, 2.75) is 38.3 Å². The van der Waals surface area contributed by atoms with Crippen molar-refractivity contribution < 1.29 is 18.8 Å². The van der Waals surface area contributed by atoms with Gasteiger partial charge in [-0.15, -0.1) is 0 Å². The number of carbonyl (C=O) groups excluding carboxylic acids is 1. The molecule has 0 aliphatic carbocycles. The highest BCUT2D eigenvalue weighted by molar-refractivity contribution is 6.33. The first-order chi connectivity index (χ1) is 13.6. The third-order valence-electron chi connectivity index (χ3n) is 5.05. The molecule has 148 valence electrons. The summed E-state index contributed by atoms with van der Waals surface area (Å²) in [6, 6.07) is 7.27. The molecule has 28 heavy (non-hydrogen) atoms. The van der Waals surface area contributed by atoms with E-state index in [1.165, 1.54) is 0 Å². The summed E-state index contributed by atoms with van der Waals surface area (Å²) >= 11 is 6.35. The number of esters is 1. The Labute approximate surface area is 168 Å². The molecule has 0 bridgehead atoms. The Kier molecular flexibility index (Phi) is 5.37. The van der Waals surface area contributed by atoms with Crippen molar-refractivity contribution in [3.8, 4) is 11.3 Å². The van der Waals surface area contributed by atoms with Gasteiger partial charge < -0.3 is 14.0 Å². The molecule has 2 unspecified atom stereocenters. The van der Waals surface area contributed by atoms with Crippen molar-refractivity contribution in [1.82, 2.24) is 10.2 Å². The lowest BCUT2D eigenvalue weighted by atomic mass is 9.94. The second kappa shape index (κ2) is 7.93. The first-order valence-electron chi connectivity index (χ1n) is 9.44. The fourth-order valence-corrected chi connectivity index (χ4v) is 3.63. The summed E-state index contributed by atoms with van der Waals surface area (Å²) in [4.78, 5) is 13.0. The molecule has 8 heteroatoms. The van der Waals surface area contributed by atoms with Crippen LogP contribution in [0.5, 0.6) is 0 Å². The number of halogens is 1. The Morgan fingerprint density at radius 2 is 2.14 bits per heavy atom. The van der Waals surface area contributed by atoms with E-state index in [9.17, 15) is 4.79 Å².